The number of ether oxygens (including phenoxy) is 2. The van der Waals surface area contributed by atoms with Crippen molar-refractivity contribution >= 4 is 27.3 Å². The van der Waals surface area contributed by atoms with E-state index in [9.17, 15) is 9.18 Å². The lowest BCUT2D eigenvalue weighted by molar-refractivity contribution is -0.129. The third-order valence-corrected chi connectivity index (χ3v) is 10.00. The summed E-state index contributed by atoms with van der Waals surface area (Å²) in [4.78, 5) is 22.0. The number of methoxy groups -OCH3 is 1. The molecule has 0 spiro atoms. The van der Waals surface area contributed by atoms with Crippen LogP contribution >= 0.6 is 11.3 Å². The standard InChI is InChI=1S/C36H35F2N5O3S/c1-5-31(44)42-11-12-43-29(21(42)2)19-28(40-43)35-33(32-27(38)17-25(37)18-30(32)46-14-13-45-4)36-26(9-15-47-36)34(39-35)23-6-7-24-20-41(3)10-8-22(24)16-23/h5-7,9,15-19,21H,1,8,10-14,20H2,2-4H3/t21-/m1/s1. The molecule has 47 heavy (non-hydrogen) atoms. The van der Waals surface area contributed by atoms with Crippen LogP contribution in [0.2, 0.25) is 0 Å². The molecule has 1 atom stereocenters. The second-order valence-corrected chi connectivity index (χ2v) is 12.9. The minimum absolute atomic E-state index is 0.0584. The second kappa shape index (κ2) is 12.6. The van der Waals surface area contributed by atoms with E-state index in [0.29, 0.717) is 30.0 Å². The average Bonchev–Trinajstić information content (AvgIpc) is 3.73. The number of benzene rings is 2. The first-order chi connectivity index (χ1) is 22.8. The van der Waals surface area contributed by atoms with Gasteiger partial charge in [-0.2, -0.15) is 5.10 Å². The number of rotatable bonds is 8. The van der Waals surface area contributed by atoms with Crippen LogP contribution < -0.4 is 4.74 Å². The molecule has 0 unspecified atom stereocenters. The van der Waals surface area contributed by atoms with Crippen LogP contribution in [0.3, 0.4) is 0 Å². The Morgan fingerprint density at radius 3 is 2.72 bits per heavy atom. The lowest BCUT2D eigenvalue weighted by Crippen LogP contribution is -2.40. The first kappa shape index (κ1) is 31.2. The molecule has 2 aliphatic rings. The van der Waals surface area contributed by atoms with Gasteiger partial charge in [0.25, 0.3) is 0 Å². The van der Waals surface area contributed by atoms with Gasteiger partial charge in [-0.3, -0.25) is 9.48 Å². The molecule has 11 heteroatoms. The maximum atomic E-state index is 16.1. The zero-order valence-electron chi connectivity index (χ0n) is 26.6. The molecule has 0 bridgehead atoms. The largest absolute Gasteiger partial charge is 0.490 e. The van der Waals surface area contributed by atoms with Crippen LogP contribution in [0.5, 0.6) is 5.75 Å². The molecule has 2 aromatic carbocycles. The number of likely N-dealkylation sites (N-methyl/N-ethyl adjacent to an activating group) is 1. The topological polar surface area (TPSA) is 72.7 Å². The van der Waals surface area contributed by atoms with Gasteiger partial charge in [-0.1, -0.05) is 18.7 Å². The summed E-state index contributed by atoms with van der Waals surface area (Å²) in [5.74, 6) is -1.61. The van der Waals surface area contributed by atoms with Gasteiger partial charge in [-0.25, -0.2) is 13.8 Å². The SMILES string of the molecule is C=CC(=O)N1CCn2nc(-c3nc(-c4ccc5c(c4)CCN(C)C5)c4ccsc4c3-c3c(F)cc(F)cc3OCCOC)cc2[C@H]1C. The fourth-order valence-electron chi connectivity index (χ4n) is 6.68. The van der Waals surface area contributed by atoms with Gasteiger partial charge in [0, 0.05) is 60.1 Å². The Morgan fingerprint density at radius 2 is 1.91 bits per heavy atom. The Balaban J connectivity index is 1.48. The minimum Gasteiger partial charge on any atom is -0.490 e. The molecule has 2 aliphatic heterocycles. The summed E-state index contributed by atoms with van der Waals surface area (Å²) >= 11 is 1.46. The van der Waals surface area contributed by atoms with Crippen molar-refractivity contribution in [3.63, 3.8) is 0 Å². The van der Waals surface area contributed by atoms with Crippen LogP contribution in [0.25, 0.3) is 43.9 Å². The Morgan fingerprint density at radius 1 is 1.06 bits per heavy atom. The fraction of sp³-hybridized carbons (Fsp3) is 0.306. The van der Waals surface area contributed by atoms with Crippen molar-refractivity contribution in [2.24, 2.45) is 0 Å². The minimum atomic E-state index is -0.763. The number of fused-ring (bicyclic) bond motifs is 3. The number of halogens is 2. The lowest BCUT2D eigenvalue weighted by atomic mass is 9.93. The molecule has 0 fully saturated rings. The van der Waals surface area contributed by atoms with Crippen molar-refractivity contribution in [1.82, 2.24) is 24.6 Å². The summed E-state index contributed by atoms with van der Waals surface area (Å²) in [5, 5.41) is 7.78. The van der Waals surface area contributed by atoms with E-state index in [-0.39, 0.29) is 36.5 Å². The summed E-state index contributed by atoms with van der Waals surface area (Å²) in [7, 11) is 3.66. The molecule has 5 heterocycles. The summed E-state index contributed by atoms with van der Waals surface area (Å²) in [6.07, 6.45) is 2.26. The van der Waals surface area contributed by atoms with Crippen LogP contribution in [0, 0.1) is 11.6 Å². The molecule has 5 aromatic rings. The summed E-state index contributed by atoms with van der Waals surface area (Å²) in [5.41, 5.74) is 6.69. The molecule has 0 N–H and O–H groups in total. The van der Waals surface area contributed by atoms with E-state index in [0.717, 1.165) is 52.6 Å². The summed E-state index contributed by atoms with van der Waals surface area (Å²) < 4.78 is 44.5. The van der Waals surface area contributed by atoms with Crippen LogP contribution in [-0.4, -0.2) is 70.9 Å². The van der Waals surface area contributed by atoms with E-state index < -0.39 is 11.6 Å². The Kier molecular flexibility index (Phi) is 8.37. The molecule has 242 valence electrons. The van der Waals surface area contributed by atoms with E-state index in [1.54, 1.807) is 4.90 Å². The molecule has 8 nitrogen and oxygen atoms in total. The maximum Gasteiger partial charge on any atom is 0.246 e. The average molecular weight is 656 g/mol. The molecular formula is C36H35F2N5O3S. The van der Waals surface area contributed by atoms with E-state index in [4.69, 9.17) is 19.6 Å². The Bertz CT molecular complexity index is 2020. The molecule has 0 aliphatic carbocycles. The predicted molar refractivity (Wildman–Crippen MR) is 179 cm³/mol. The molecule has 3 aromatic heterocycles. The van der Waals surface area contributed by atoms with Gasteiger partial charge in [0.15, 0.2) is 0 Å². The van der Waals surface area contributed by atoms with Gasteiger partial charge in [0.05, 0.1) is 36.1 Å². The first-order valence-corrected chi connectivity index (χ1v) is 16.5. The van der Waals surface area contributed by atoms with Gasteiger partial charge in [-0.15, -0.1) is 11.3 Å². The molecular weight excluding hydrogens is 620 g/mol. The molecule has 0 radical (unpaired) electrons. The zero-order valence-corrected chi connectivity index (χ0v) is 27.4. The smallest absolute Gasteiger partial charge is 0.246 e. The molecule has 0 saturated carbocycles. The van der Waals surface area contributed by atoms with Crippen molar-refractivity contribution in [2.45, 2.75) is 32.5 Å². The number of thiophene rings is 1. The Hall–Kier alpha value is -4.45. The van der Waals surface area contributed by atoms with Crippen molar-refractivity contribution in [2.75, 3.05) is 40.5 Å². The van der Waals surface area contributed by atoms with Gasteiger partial charge in [0.2, 0.25) is 5.91 Å². The quantitative estimate of drug-likeness (QED) is 0.134. The summed E-state index contributed by atoms with van der Waals surface area (Å²) in [6.45, 7) is 8.79. The van der Waals surface area contributed by atoms with Crippen molar-refractivity contribution in [3.8, 4) is 39.5 Å². The van der Waals surface area contributed by atoms with E-state index in [1.165, 1.54) is 41.7 Å². The number of aromatic nitrogens is 3. The predicted octanol–water partition coefficient (Wildman–Crippen LogP) is 6.87. The number of pyridine rings is 1. The monoisotopic (exact) mass is 655 g/mol. The van der Waals surface area contributed by atoms with Crippen LogP contribution in [-0.2, 0) is 29.0 Å². The summed E-state index contributed by atoms with van der Waals surface area (Å²) in [6, 6.07) is 12.2. The second-order valence-electron chi connectivity index (χ2n) is 12.0. The highest BCUT2D eigenvalue weighted by atomic mass is 32.1. The van der Waals surface area contributed by atoms with Crippen LogP contribution in [0.4, 0.5) is 8.78 Å². The third kappa shape index (κ3) is 5.62. The molecule has 7 rings (SSSR count). The van der Waals surface area contributed by atoms with E-state index in [2.05, 4.69) is 36.7 Å². The van der Waals surface area contributed by atoms with Crippen molar-refractivity contribution in [3.05, 3.63) is 89.0 Å². The number of amides is 1. The van der Waals surface area contributed by atoms with E-state index in [1.807, 2.05) is 29.1 Å². The van der Waals surface area contributed by atoms with Crippen LogP contribution in [0.15, 0.2) is 60.5 Å². The van der Waals surface area contributed by atoms with Gasteiger partial charge in [-0.05, 0) is 61.2 Å². The van der Waals surface area contributed by atoms with Crippen LogP contribution in [0.1, 0.15) is 29.8 Å². The van der Waals surface area contributed by atoms with Gasteiger partial charge < -0.3 is 19.3 Å². The normalized spacial score (nSPS) is 16.3. The van der Waals surface area contributed by atoms with Gasteiger partial charge in [0.1, 0.15) is 35.4 Å². The maximum absolute atomic E-state index is 16.1. The number of nitrogens with zero attached hydrogens (tertiary/aromatic N) is 5. The highest BCUT2D eigenvalue weighted by Gasteiger charge is 2.31. The van der Waals surface area contributed by atoms with Gasteiger partial charge >= 0.3 is 0 Å². The highest BCUT2D eigenvalue weighted by molar-refractivity contribution is 7.18. The number of hydrogen-bond donors (Lipinski definition) is 0. The van der Waals surface area contributed by atoms with Crippen molar-refractivity contribution < 1.29 is 23.0 Å². The van der Waals surface area contributed by atoms with Crippen molar-refractivity contribution in [1.29, 1.82) is 0 Å². The number of carbonyl (C=O) groups excluding carboxylic acids is 1. The number of hydrogen-bond acceptors (Lipinski definition) is 7. The molecule has 1 amide bonds. The lowest BCUT2D eigenvalue weighted by Gasteiger charge is -2.33. The fourth-order valence-corrected chi connectivity index (χ4v) is 7.63. The highest BCUT2D eigenvalue weighted by Crippen LogP contribution is 2.47. The first-order valence-electron chi connectivity index (χ1n) is 15.6. The number of carbonyl (C=O) groups is 1. The Labute approximate surface area is 275 Å². The van der Waals surface area contributed by atoms with E-state index >= 15 is 4.39 Å². The molecule has 0 saturated heterocycles. The zero-order chi connectivity index (χ0) is 32.8. The third-order valence-electron chi connectivity index (χ3n) is 9.06.